The van der Waals surface area contributed by atoms with Crippen molar-refractivity contribution in [2.45, 2.75) is 35.8 Å². The summed E-state index contributed by atoms with van der Waals surface area (Å²) in [6, 6.07) is 0. The molecule has 2 atom stereocenters. The topological polar surface area (TPSA) is 17.1 Å². The second-order valence-electron chi connectivity index (χ2n) is 5.74. The molecule has 5 aliphatic carbocycles. The molecule has 0 heterocycles. The molecule has 2 unspecified atom stereocenters. The molecule has 0 aromatic heterocycles. The molecule has 3 saturated carbocycles. The van der Waals surface area contributed by atoms with Crippen molar-refractivity contribution < 1.29 is 35.5 Å². The monoisotopic (exact) mass is 310 g/mol. The zero-order valence-electron chi connectivity index (χ0n) is 10.0. The number of hydrogen-bond acceptors (Lipinski definition) is 1. The molecule has 8 heteroatoms. The zero-order chi connectivity index (χ0) is 15.5. The van der Waals surface area contributed by atoms with Crippen LogP contribution in [-0.4, -0.2) is 17.1 Å². The maximum atomic E-state index is 14.9. The van der Waals surface area contributed by atoms with Gasteiger partial charge in [-0.05, 0) is 18.8 Å². The van der Waals surface area contributed by atoms with Crippen LogP contribution in [-0.2, 0) is 10.5 Å². The number of Topliss-reactive ketones (excluding diaryl/α,β-unsaturated/α-hetero) is 1. The van der Waals surface area contributed by atoms with Crippen LogP contribution >= 0.6 is 0 Å². The maximum Gasteiger partial charge on any atom is 0.221 e. The van der Waals surface area contributed by atoms with E-state index in [9.17, 15) is 35.5 Å². The Balaban J connectivity index is 2.15. The number of hydrogen-bond donors (Lipinski definition) is 0. The summed E-state index contributed by atoms with van der Waals surface area (Å²) in [5, 5.41) is 0. The van der Waals surface area contributed by atoms with Gasteiger partial charge in [0, 0.05) is 11.1 Å². The van der Waals surface area contributed by atoms with E-state index in [-0.39, 0.29) is 0 Å². The molecule has 6 rings (SSSR count). The zero-order valence-corrected chi connectivity index (χ0v) is 10.0. The summed E-state index contributed by atoms with van der Waals surface area (Å²) in [5.41, 5.74) is -13.0. The lowest BCUT2D eigenvalue weighted by atomic mass is 9.40. The highest BCUT2D eigenvalue weighted by atomic mass is 19.2. The Bertz CT molecular complexity index is 723. The quantitative estimate of drug-likeness (QED) is 0.408. The van der Waals surface area contributed by atoms with Crippen LogP contribution in [0.1, 0.15) is 29.9 Å². The van der Waals surface area contributed by atoms with Crippen LogP contribution in [0.2, 0.25) is 0 Å². The minimum Gasteiger partial charge on any atom is -0.292 e. The van der Waals surface area contributed by atoms with Gasteiger partial charge in [-0.1, -0.05) is 0 Å². The lowest BCUT2D eigenvalue weighted by Gasteiger charge is -2.65. The van der Waals surface area contributed by atoms with Gasteiger partial charge in [-0.15, -0.1) is 0 Å². The predicted octanol–water partition coefficient (Wildman–Crippen LogP) is 3.30. The van der Waals surface area contributed by atoms with Gasteiger partial charge in [0.05, 0.1) is 0 Å². The third-order valence-corrected chi connectivity index (χ3v) is 4.92. The predicted molar refractivity (Wildman–Crippen MR) is 53.7 cm³/mol. The first kappa shape index (κ1) is 13.1. The van der Waals surface area contributed by atoms with Crippen LogP contribution in [0.25, 0.3) is 0 Å². The molecular weight excluding hydrogens is 305 g/mol. The lowest BCUT2D eigenvalue weighted by Crippen LogP contribution is -2.84. The van der Waals surface area contributed by atoms with Crippen LogP contribution in [0.5, 0.6) is 0 Å². The highest BCUT2D eigenvalue weighted by Crippen LogP contribution is 2.75. The largest absolute Gasteiger partial charge is 0.292 e. The Kier molecular flexibility index (Phi) is 1.93. The van der Waals surface area contributed by atoms with Gasteiger partial charge in [0.1, 0.15) is 0 Å². The average molecular weight is 310 g/mol. The van der Waals surface area contributed by atoms with Crippen molar-refractivity contribution in [1.82, 2.24) is 0 Å². The summed E-state index contributed by atoms with van der Waals surface area (Å²) in [7, 11) is 0. The van der Waals surface area contributed by atoms with Gasteiger partial charge in [-0.2, -0.15) is 0 Å². The molecule has 21 heavy (non-hydrogen) atoms. The van der Waals surface area contributed by atoms with E-state index in [2.05, 4.69) is 0 Å². The second-order valence-corrected chi connectivity index (χ2v) is 5.74. The Labute approximate surface area is 112 Å². The van der Waals surface area contributed by atoms with Crippen molar-refractivity contribution in [3.05, 3.63) is 34.4 Å². The highest BCUT2D eigenvalue weighted by molar-refractivity contribution is 6.07. The van der Waals surface area contributed by atoms with E-state index >= 15 is 0 Å². The van der Waals surface area contributed by atoms with E-state index in [0.29, 0.717) is 0 Å². The summed E-state index contributed by atoms with van der Waals surface area (Å²) in [6.07, 6.45) is -1.83. The molecule has 1 nitrogen and oxygen atoms in total. The number of halogens is 7. The summed E-state index contributed by atoms with van der Waals surface area (Å²) < 4.78 is 97.8. The summed E-state index contributed by atoms with van der Waals surface area (Å²) in [5.74, 6) is -11.7. The number of benzene rings is 1. The van der Waals surface area contributed by atoms with E-state index in [1.807, 2.05) is 0 Å². The van der Waals surface area contributed by atoms with E-state index in [1.54, 1.807) is 0 Å². The number of alkyl halides is 3. The Morgan fingerprint density at radius 1 is 0.810 bits per heavy atom. The molecular formula is C13H5F7O. The molecule has 0 spiro atoms. The van der Waals surface area contributed by atoms with Crippen LogP contribution in [0.15, 0.2) is 0 Å². The molecule has 0 radical (unpaired) electrons. The molecule has 4 bridgehead atoms. The third-order valence-electron chi connectivity index (χ3n) is 4.92. The Hall–Kier alpha value is -1.60. The van der Waals surface area contributed by atoms with Crippen molar-refractivity contribution in [2.24, 2.45) is 0 Å². The minimum atomic E-state index is -3.82. The molecule has 3 fully saturated rings. The van der Waals surface area contributed by atoms with Crippen LogP contribution in [0.3, 0.4) is 0 Å². The standard InChI is InChI=1S/C13H5F7O/c14-6-4-3-1-11(18)10(21)12(19,2-3)13(11,20)5(4)7(15)9(17)8(6)16/h3H,1-2H2. The second kappa shape index (κ2) is 3.10. The molecule has 112 valence electrons. The first-order valence-corrected chi connectivity index (χ1v) is 6.09. The number of ketones is 1. The molecule has 0 N–H and O–H groups in total. The van der Waals surface area contributed by atoms with Crippen LogP contribution in [0.4, 0.5) is 30.7 Å². The molecule has 1 aromatic rings. The Morgan fingerprint density at radius 3 is 1.81 bits per heavy atom. The fraction of sp³-hybridized carbons (Fsp3) is 0.462. The number of carbonyl (C=O) groups is 1. The molecule has 1 aromatic carbocycles. The van der Waals surface area contributed by atoms with Crippen molar-refractivity contribution in [2.75, 3.05) is 0 Å². The van der Waals surface area contributed by atoms with Crippen molar-refractivity contribution in [1.29, 1.82) is 0 Å². The van der Waals surface area contributed by atoms with E-state index in [4.69, 9.17) is 0 Å². The average Bonchev–Trinajstić information content (AvgIpc) is 2.43. The van der Waals surface area contributed by atoms with E-state index in [0.717, 1.165) is 0 Å². The van der Waals surface area contributed by atoms with E-state index in [1.165, 1.54) is 0 Å². The van der Waals surface area contributed by atoms with Gasteiger partial charge < -0.3 is 0 Å². The smallest absolute Gasteiger partial charge is 0.221 e. The summed E-state index contributed by atoms with van der Waals surface area (Å²) >= 11 is 0. The summed E-state index contributed by atoms with van der Waals surface area (Å²) in [4.78, 5) is 11.5. The molecule has 0 amide bonds. The SMILES string of the molecule is O=C1C2(F)CC3CC1(F)C2(F)c1c(F)c(F)c(F)c(F)c13. The van der Waals surface area contributed by atoms with Crippen LogP contribution in [0, 0.1) is 23.3 Å². The van der Waals surface area contributed by atoms with E-state index < -0.39 is 75.9 Å². The number of rotatable bonds is 0. The molecule has 0 aliphatic heterocycles. The van der Waals surface area contributed by atoms with Crippen LogP contribution < -0.4 is 0 Å². The first-order chi connectivity index (χ1) is 9.61. The van der Waals surface area contributed by atoms with Gasteiger partial charge in [0.2, 0.25) is 22.8 Å². The Morgan fingerprint density at radius 2 is 1.29 bits per heavy atom. The van der Waals surface area contributed by atoms with Gasteiger partial charge in [0.25, 0.3) is 0 Å². The minimum absolute atomic E-state index is 0.914. The van der Waals surface area contributed by atoms with Crippen molar-refractivity contribution >= 4 is 5.78 Å². The molecule has 5 aliphatic rings. The lowest BCUT2D eigenvalue weighted by molar-refractivity contribution is -0.256. The van der Waals surface area contributed by atoms with Gasteiger partial charge in [-0.25, -0.2) is 30.7 Å². The van der Waals surface area contributed by atoms with Gasteiger partial charge in [-0.3, -0.25) is 4.79 Å². The summed E-state index contributed by atoms with van der Waals surface area (Å²) in [6.45, 7) is 0. The first-order valence-electron chi connectivity index (χ1n) is 6.09. The van der Waals surface area contributed by atoms with Crippen molar-refractivity contribution in [3.8, 4) is 0 Å². The maximum absolute atomic E-state index is 14.9. The van der Waals surface area contributed by atoms with Crippen molar-refractivity contribution in [3.63, 3.8) is 0 Å². The fourth-order valence-corrected chi connectivity index (χ4v) is 4.07. The fourth-order valence-electron chi connectivity index (χ4n) is 4.07. The third kappa shape index (κ3) is 0.944. The molecule has 0 saturated heterocycles. The number of carbonyl (C=O) groups excluding carboxylic acids is 1. The van der Waals surface area contributed by atoms with Gasteiger partial charge >= 0.3 is 0 Å². The van der Waals surface area contributed by atoms with Gasteiger partial charge in [0.15, 0.2) is 23.3 Å². The normalized spacial score (nSPS) is 42.8. The highest BCUT2D eigenvalue weighted by Gasteiger charge is 2.91.